The van der Waals surface area contributed by atoms with Crippen molar-refractivity contribution in [1.82, 2.24) is 14.5 Å². The van der Waals surface area contributed by atoms with E-state index in [-0.39, 0.29) is 0 Å². The van der Waals surface area contributed by atoms with E-state index in [2.05, 4.69) is 23.9 Å². The highest BCUT2D eigenvalue weighted by Crippen LogP contribution is 2.35. The molecule has 0 unspecified atom stereocenters. The Bertz CT molecular complexity index is 799. The number of rotatable bonds is 5. The van der Waals surface area contributed by atoms with Crippen molar-refractivity contribution in [3.8, 4) is 5.75 Å². The minimum Gasteiger partial charge on any atom is -0.506 e. The zero-order valence-electron chi connectivity index (χ0n) is 15.5. The highest BCUT2D eigenvalue weighted by atomic mass is 32.2. The minimum atomic E-state index is -4.17. The van der Waals surface area contributed by atoms with E-state index in [0.717, 1.165) is 32.5 Å². The summed E-state index contributed by atoms with van der Waals surface area (Å²) in [6.45, 7) is 2.76. The molecule has 3 rings (SSSR count). The number of halogens is 1. The number of aromatic hydroxyl groups is 1. The first-order chi connectivity index (χ1) is 12.7. The van der Waals surface area contributed by atoms with Crippen molar-refractivity contribution in [1.29, 1.82) is 0 Å². The molecule has 2 saturated heterocycles. The Hall–Kier alpha value is -1.91. The fourth-order valence-corrected chi connectivity index (χ4v) is 4.90. The van der Waals surface area contributed by atoms with E-state index in [1.54, 1.807) is 4.72 Å². The predicted molar refractivity (Wildman–Crippen MR) is 99.0 cm³/mol. The number of anilines is 1. The van der Waals surface area contributed by atoms with Gasteiger partial charge in [0.05, 0.1) is 0 Å². The van der Waals surface area contributed by atoms with Crippen LogP contribution in [-0.2, 0) is 21.5 Å². The maximum atomic E-state index is 14.6. The van der Waals surface area contributed by atoms with Gasteiger partial charge in [-0.3, -0.25) is 9.69 Å². The lowest BCUT2D eigenvalue weighted by atomic mass is 9.96. The summed E-state index contributed by atoms with van der Waals surface area (Å²) in [6, 6.07) is 2.59. The van der Waals surface area contributed by atoms with Gasteiger partial charge in [-0.2, -0.15) is 8.42 Å². The molecule has 10 heteroatoms. The minimum absolute atomic E-state index is 0.476. The number of phenols is 1. The molecule has 0 aromatic heterocycles. The molecule has 0 aliphatic carbocycles. The summed E-state index contributed by atoms with van der Waals surface area (Å²) in [4.78, 5) is 15.7. The maximum absolute atomic E-state index is 14.6. The van der Waals surface area contributed by atoms with E-state index in [9.17, 15) is 22.7 Å². The van der Waals surface area contributed by atoms with Crippen molar-refractivity contribution >= 4 is 21.8 Å². The van der Waals surface area contributed by atoms with Gasteiger partial charge in [0.15, 0.2) is 5.82 Å². The number of carbonyl (C=O) groups is 1. The summed E-state index contributed by atoms with van der Waals surface area (Å²) < 4.78 is 40.7. The molecule has 2 heterocycles. The van der Waals surface area contributed by atoms with Gasteiger partial charge in [-0.05, 0) is 63.6 Å². The first kappa shape index (κ1) is 19.8. The Balaban J connectivity index is 1.70. The van der Waals surface area contributed by atoms with Gasteiger partial charge in [0.1, 0.15) is 18.0 Å². The number of piperidine rings is 1. The zero-order valence-corrected chi connectivity index (χ0v) is 16.3. The van der Waals surface area contributed by atoms with E-state index in [1.807, 2.05) is 0 Å². The summed E-state index contributed by atoms with van der Waals surface area (Å²) in [5.74, 6) is -1.48. The monoisotopic (exact) mass is 400 g/mol. The number of benzene rings is 1. The van der Waals surface area contributed by atoms with Crippen LogP contribution in [0.1, 0.15) is 18.4 Å². The van der Waals surface area contributed by atoms with Gasteiger partial charge >= 0.3 is 10.2 Å². The first-order valence-electron chi connectivity index (χ1n) is 8.87. The lowest BCUT2D eigenvalue weighted by Crippen LogP contribution is -2.36. The molecule has 0 spiro atoms. The number of likely N-dealkylation sites (tertiary alicyclic amines) is 1. The summed E-state index contributed by atoms with van der Waals surface area (Å²) in [5.41, 5.74) is 0.0671. The van der Waals surface area contributed by atoms with Crippen LogP contribution in [-0.4, -0.2) is 69.5 Å². The highest BCUT2D eigenvalue weighted by Gasteiger charge is 2.37. The molecular formula is C17H25FN4O4S. The van der Waals surface area contributed by atoms with E-state index < -0.39 is 39.9 Å². The van der Waals surface area contributed by atoms with Gasteiger partial charge in [-0.15, -0.1) is 0 Å². The average Bonchev–Trinajstić information content (AvgIpc) is 2.80. The second kappa shape index (κ2) is 7.61. The molecule has 2 N–H and O–H groups in total. The normalized spacial score (nSPS) is 21.0. The molecule has 0 atom stereocenters. The van der Waals surface area contributed by atoms with Crippen LogP contribution < -0.4 is 9.03 Å². The van der Waals surface area contributed by atoms with E-state index in [1.165, 1.54) is 12.1 Å². The van der Waals surface area contributed by atoms with Gasteiger partial charge in [-0.1, -0.05) is 0 Å². The molecular weight excluding hydrogens is 375 g/mol. The third-order valence-electron chi connectivity index (χ3n) is 4.91. The Morgan fingerprint density at radius 2 is 1.96 bits per heavy atom. The van der Waals surface area contributed by atoms with Crippen molar-refractivity contribution in [2.24, 2.45) is 5.92 Å². The summed E-state index contributed by atoms with van der Waals surface area (Å²) in [5, 5.41) is 10.2. The van der Waals surface area contributed by atoms with Crippen LogP contribution in [0.5, 0.6) is 5.75 Å². The Kier molecular flexibility index (Phi) is 5.59. The second-order valence-corrected chi connectivity index (χ2v) is 9.06. The molecule has 0 radical (unpaired) electrons. The van der Waals surface area contributed by atoms with Crippen LogP contribution in [0, 0.1) is 11.7 Å². The van der Waals surface area contributed by atoms with Gasteiger partial charge < -0.3 is 10.0 Å². The lowest BCUT2D eigenvalue weighted by Gasteiger charge is -2.33. The Labute approximate surface area is 158 Å². The van der Waals surface area contributed by atoms with Crippen LogP contribution in [0.2, 0.25) is 0 Å². The standard InChI is InChI=1S/C17H25FN4O4S/c1-20(2)9-12-3-5-21(6-4-12)10-13-7-14(18)17(15(23)8-13)22-11-16(24)19-27(22,25)26/h7-8,12,23H,3-6,9-11H2,1-2H3,(H,19,24). The van der Waals surface area contributed by atoms with Crippen LogP contribution in [0.15, 0.2) is 12.1 Å². The molecule has 150 valence electrons. The largest absolute Gasteiger partial charge is 0.506 e. The van der Waals surface area contributed by atoms with Crippen LogP contribution in [0.4, 0.5) is 10.1 Å². The Morgan fingerprint density at radius 1 is 1.30 bits per heavy atom. The number of phenolic OH excluding ortho intramolecular Hbond substituents is 1. The number of carbonyl (C=O) groups excluding carboxylic acids is 1. The second-order valence-electron chi connectivity index (χ2n) is 7.46. The highest BCUT2D eigenvalue weighted by molar-refractivity contribution is 7.92. The van der Waals surface area contributed by atoms with Gasteiger partial charge in [0.25, 0.3) is 5.91 Å². The molecule has 2 fully saturated rings. The fourth-order valence-electron chi connectivity index (χ4n) is 3.72. The van der Waals surface area contributed by atoms with Crippen molar-refractivity contribution in [2.75, 3.05) is 44.6 Å². The smallest absolute Gasteiger partial charge is 0.326 e. The lowest BCUT2D eigenvalue weighted by molar-refractivity contribution is -0.117. The molecule has 8 nitrogen and oxygen atoms in total. The molecule has 1 amide bonds. The summed E-state index contributed by atoms with van der Waals surface area (Å²) >= 11 is 0. The van der Waals surface area contributed by atoms with Crippen LogP contribution >= 0.6 is 0 Å². The summed E-state index contributed by atoms with van der Waals surface area (Å²) in [6.07, 6.45) is 2.12. The number of nitrogens with zero attached hydrogens (tertiary/aromatic N) is 3. The number of hydrogen-bond donors (Lipinski definition) is 2. The van der Waals surface area contributed by atoms with Crippen molar-refractivity contribution in [3.05, 3.63) is 23.5 Å². The third kappa shape index (κ3) is 4.50. The first-order valence-corrected chi connectivity index (χ1v) is 10.3. The number of amides is 1. The molecule has 0 bridgehead atoms. The third-order valence-corrected chi connectivity index (χ3v) is 6.29. The molecule has 27 heavy (non-hydrogen) atoms. The van der Waals surface area contributed by atoms with Gasteiger partial charge in [0.2, 0.25) is 0 Å². The van der Waals surface area contributed by atoms with E-state index >= 15 is 0 Å². The van der Waals surface area contributed by atoms with Crippen molar-refractivity contribution < 1.29 is 22.7 Å². The molecule has 2 aliphatic heterocycles. The van der Waals surface area contributed by atoms with Crippen molar-refractivity contribution in [2.45, 2.75) is 19.4 Å². The predicted octanol–water partition coefficient (Wildman–Crippen LogP) is 0.486. The van der Waals surface area contributed by atoms with E-state index in [0.29, 0.717) is 22.3 Å². The molecule has 2 aliphatic rings. The summed E-state index contributed by atoms with van der Waals surface area (Å²) in [7, 11) is -0.0538. The zero-order chi connectivity index (χ0) is 19.8. The average molecular weight is 400 g/mol. The van der Waals surface area contributed by atoms with Crippen LogP contribution in [0.3, 0.4) is 0 Å². The SMILES string of the molecule is CN(C)CC1CCN(Cc2cc(O)c(N3CC(=O)NS3(=O)=O)c(F)c2)CC1. The van der Waals surface area contributed by atoms with Crippen LogP contribution in [0.25, 0.3) is 0 Å². The topological polar surface area (TPSA) is 93.2 Å². The van der Waals surface area contributed by atoms with Gasteiger partial charge in [-0.25, -0.2) is 13.4 Å². The number of nitrogens with one attached hydrogen (secondary N) is 1. The molecule has 1 aromatic rings. The maximum Gasteiger partial charge on any atom is 0.326 e. The van der Waals surface area contributed by atoms with Crippen molar-refractivity contribution in [3.63, 3.8) is 0 Å². The Morgan fingerprint density at radius 3 is 2.48 bits per heavy atom. The fraction of sp³-hybridized carbons (Fsp3) is 0.588. The quantitative estimate of drug-likeness (QED) is 0.747. The molecule has 1 aromatic carbocycles. The molecule has 0 saturated carbocycles. The van der Waals surface area contributed by atoms with Gasteiger partial charge in [0, 0.05) is 13.1 Å². The van der Waals surface area contributed by atoms with E-state index in [4.69, 9.17) is 0 Å². The number of hydrogen-bond acceptors (Lipinski definition) is 6.